The minimum atomic E-state index is 0.863. The molecule has 0 bridgehead atoms. The number of unbranched alkanes of at least 4 members (excludes halogenated alkanes) is 5. The van der Waals surface area contributed by atoms with Crippen molar-refractivity contribution in [3.63, 3.8) is 0 Å². The molecule has 1 aliphatic rings. The van der Waals surface area contributed by atoms with E-state index in [0.717, 1.165) is 6.04 Å². The molecule has 17 heavy (non-hydrogen) atoms. The van der Waals surface area contributed by atoms with E-state index in [0.29, 0.717) is 0 Å². The van der Waals surface area contributed by atoms with Gasteiger partial charge in [-0.2, -0.15) is 0 Å². The van der Waals surface area contributed by atoms with E-state index in [1.54, 1.807) is 5.57 Å². The van der Waals surface area contributed by atoms with Crippen molar-refractivity contribution < 1.29 is 0 Å². The van der Waals surface area contributed by atoms with Gasteiger partial charge in [-0.3, -0.25) is 0 Å². The zero-order valence-corrected chi connectivity index (χ0v) is 11.9. The van der Waals surface area contributed by atoms with Crippen LogP contribution in [0.25, 0.3) is 0 Å². The van der Waals surface area contributed by atoms with Crippen LogP contribution in [0.4, 0.5) is 0 Å². The van der Waals surface area contributed by atoms with Crippen LogP contribution in [0.3, 0.4) is 0 Å². The Kier molecular flexibility index (Phi) is 8.42. The van der Waals surface area contributed by atoms with Crippen LogP contribution in [-0.4, -0.2) is 12.6 Å². The minimum absolute atomic E-state index is 0.863. The lowest BCUT2D eigenvalue weighted by Crippen LogP contribution is -2.16. The molecule has 1 saturated carbocycles. The molecule has 0 heterocycles. The van der Waals surface area contributed by atoms with Gasteiger partial charge in [0.25, 0.3) is 0 Å². The van der Waals surface area contributed by atoms with Gasteiger partial charge in [-0.05, 0) is 45.6 Å². The molecule has 1 nitrogen and oxygen atoms in total. The average Bonchev–Trinajstić information content (AvgIpc) is 3.13. The fourth-order valence-electron chi connectivity index (χ4n) is 2.18. The summed E-state index contributed by atoms with van der Waals surface area (Å²) in [7, 11) is 0. The van der Waals surface area contributed by atoms with Crippen molar-refractivity contribution >= 4 is 0 Å². The normalized spacial score (nSPS) is 16.5. The van der Waals surface area contributed by atoms with Crippen molar-refractivity contribution in [1.29, 1.82) is 0 Å². The second-order valence-electron chi connectivity index (χ2n) is 5.59. The van der Waals surface area contributed by atoms with Crippen molar-refractivity contribution in [3.8, 4) is 0 Å². The second-order valence-corrected chi connectivity index (χ2v) is 5.59. The van der Waals surface area contributed by atoms with Crippen LogP contribution >= 0.6 is 0 Å². The van der Waals surface area contributed by atoms with Gasteiger partial charge in [0.15, 0.2) is 0 Å². The molecule has 100 valence electrons. The maximum absolute atomic E-state index is 3.56. The Morgan fingerprint density at radius 3 is 2.53 bits per heavy atom. The number of nitrogens with one attached hydrogen (secondary N) is 1. The third kappa shape index (κ3) is 9.41. The summed E-state index contributed by atoms with van der Waals surface area (Å²) in [4.78, 5) is 0. The third-order valence-corrected chi connectivity index (χ3v) is 3.57. The number of hydrogen-bond donors (Lipinski definition) is 1. The molecule has 0 radical (unpaired) electrons. The van der Waals surface area contributed by atoms with Crippen molar-refractivity contribution in [2.24, 2.45) is 0 Å². The SMILES string of the molecule is CCCCCCCCC(C)=CCCNC1CC1. The summed E-state index contributed by atoms with van der Waals surface area (Å²) in [6.45, 7) is 5.75. The fraction of sp³-hybridized carbons (Fsp3) is 0.875. The maximum atomic E-state index is 3.56. The molecule has 1 aliphatic carbocycles. The number of rotatable bonds is 11. The molecular weight excluding hydrogens is 206 g/mol. The van der Waals surface area contributed by atoms with Crippen molar-refractivity contribution in [2.75, 3.05) is 6.54 Å². The fourth-order valence-corrected chi connectivity index (χ4v) is 2.18. The first-order chi connectivity index (χ1) is 8.33. The summed E-state index contributed by atoms with van der Waals surface area (Å²) in [5, 5.41) is 3.56. The van der Waals surface area contributed by atoms with Gasteiger partial charge in [-0.1, -0.05) is 50.7 Å². The summed E-state index contributed by atoms with van der Waals surface area (Å²) >= 11 is 0. The second kappa shape index (κ2) is 9.70. The first-order valence-corrected chi connectivity index (χ1v) is 7.72. The predicted molar refractivity (Wildman–Crippen MR) is 77.4 cm³/mol. The molecule has 0 aromatic heterocycles. The molecule has 0 unspecified atom stereocenters. The zero-order chi connectivity index (χ0) is 12.3. The summed E-state index contributed by atoms with van der Waals surface area (Å²) < 4.78 is 0. The van der Waals surface area contributed by atoms with Crippen LogP contribution in [0.5, 0.6) is 0 Å². The Hall–Kier alpha value is -0.300. The molecule has 0 amide bonds. The summed E-state index contributed by atoms with van der Waals surface area (Å²) in [5.41, 5.74) is 1.60. The third-order valence-electron chi connectivity index (χ3n) is 3.57. The van der Waals surface area contributed by atoms with E-state index in [4.69, 9.17) is 0 Å². The molecule has 1 N–H and O–H groups in total. The van der Waals surface area contributed by atoms with Gasteiger partial charge in [-0.15, -0.1) is 0 Å². The Morgan fingerprint density at radius 1 is 1.12 bits per heavy atom. The van der Waals surface area contributed by atoms with E-state index in [1.165, 1.54) is 70.8 Å². The highest BCUT2D eigenvalue weighted by atomic mass is 14.9. The maximum Gasteiger partial charge on any atom is 0.00683 e. The Labute approximate surface area is 108 Å². The highest BCUT2D eigenvalue weighted by molar-refractivity contribution is 4.98. The van der Waals surface area contributed by atoms with E-state index < -0.39 is 0 Å². The van der Waals surface area contributed by atoms with E-state index in [2.05, 4.69) is 25.2 Å². The lowest BCUT2D eigenvalue weighted by atomic mass is 10.1. The molecule has 0 aromatic rings. The van der Waals surface area contributed by atoms with E-state index in [9.17, 15) is 0 Å². The first-order valence-electron chi connectivity index (χ1n) is 7.72. The lowest BCUT2D eigenvalue weighted by molar-refractivity contribution is 0.605. The molecular formula is C16H31N. The number of allylic oxidation sites excluding steroid dienone is 1. The van der Waals surface area contributed by atoms with Crippen LogP contribution < -0.4 is 5.32 Å². The van der Waals surface area contributed by atoms with Gasteiger partial charge in [0.2, 0.25) is 0 Å². The van der Waals surface area contributed by atoms with Crippen molar-refractivity contribution in [2.45, 2.75) is 84.1 Å². The molecule has 1 heteroatoms. The van der Waals surface area contributed by atoms with E-state index >= 15 is 0 Å². The standard InChI is InChI=1S/C16H31N/c1-3-4-5-6-7-8-10-15(2)11-9-14-17-16-12-13-16/h11,16-17H,3-10,12-14H2,1-2H3. The Bertz CT molecular complexity index is 204. The highest BCUT2D eigenvalue weighted by Crippen LogP contribution is 2.18. The van der Waals surface area contributed by atoms with Gasteiger partial charge in [0.1, 0.15) is 0 Å². The minimum Gasteiger partial charge on any atom is -0.314 e. The first kappa shape index (κ1) is 14.8. The monoisotopic (exact) mass is 237 g/mol. The van der Waals surface area contributed by atoms with Crippen molar-refractivity contribution in [3.05, 3.63) is 11.6 Å². The molecule has 0 spiro atoms. The van der Waals surface area contributed by atoms with E-state index in [-0.39, 0.29) is 0 Å². The van der Waals surface area contributed by atoms with Crippen LogP contribution in [0, 0.1) is 0 Å². The van der Waals surface area contributed by atoms with Crippen LogP contribution in [0.1, 0.15) is 78.1 Å². The Morgan fingerprint density at radius 2 is 1.82 bits per heavy atom. The van der Waals surface area contributed by atoms with Gasteiger partial charge in [0.05, 0.1) is 0 Å². The lowest BCUT2D eigenvalue weighted by Gasteiger charge is -2.03. The molecule has 0 atom stereocenters. The van der Waals surface area contributed by atoms with Crippen LogP contribution in [-0.2, 0) is 0 Å². The molecule has 1 rings (SSSR count). The van der Waals surface area contributed by atoms with Gasteiger partial charge in [-0.25, -0.2) is 0 Å². The molecule has 0 aromatic carbocycles. The predicted octanol–water partition coefficient (Wildman–Crippen LogP) is 4.83. The summed E-state index contributed by atoms with van der Waals surface area (Å²) in [5.74, 6) is 0. The van der Waals surface area contributed by atoms with Gasteiger partial charge < -0.3 is 5.32 Å². The Balaban J connectivity index is 1.84. The quantitative estimate of drug-likeness (QED) is 0.401. The molecule has 1 fully saturated rings. The summed E-state index contributed by atoms with van der Waals surface area (Å²) in [6.07, 6.45) is 16.2. The largest absolute Gasteiger partial charge is 0.314 e. The van der Waals surface area contributed by atoms with Crippen molar-refractivity contribution in [1.82, 2.24) is 5.32 Å². The van der Waals surface area contributed by atoms with Crippen LogP contribution in [0.15, 0.2) is 11.6 Å². The average molecular weight is 237 g/mol. The van der Waals surface area contributed by atoms with Crippen LogP contribution in [0.2, 0.25) is 0 Å². The zero-order valence-electron chi connectivity index (χ0n) is 11.9. The van der Waals surface area contributed by atoms with Gasteiger partial charge >= 0.3 is 0 Å². The highest BCUT2D eigenvalue weighted by Gasteiger charge is 2.19. The molecule has 0 aliphatic heterocycles. The smallest absolute Gasteiger partial charge is 0.00683 e. The number of hydrogen-bond acceptors (Lipinski definition) is 1. The molecule has 0 saturated heterocycles. The van der Waals surface area contributed by atoms with E-state index in [1.807, 2.05) is 0 Å². The topological polar surface area (TPSA) is 12.0 Å². The summed E-state index contributed by atoms with van der Waals surface area (Å²) in [6, 6.07) is 0.863. The van der Waals surface area contributed by atoms with Gasteiger partial charge in [0, 0.05) is 6.04 Å².